The SMILES string of the molecule is CC(C)c1cnnc(Nc2ccc3ncc(C(C=NCc4cncnc4)=CN)cc3n2)c1. The average molecular weight is 426 g/mol. The molecule has 0 radical (unpaired) electrons. The third-order valence-corrected chi connectivity index (χ3v) is 4.77. The zero-order valence-electron chi connectivity index (χ0n) is 17.8. The highest BCUT2D eigenvalue weighted by atomic mass is 15.2. The molecule has 0 aromatic carbocycles. The van der Waals surface area contributed by atoms with Crippen LogP contribution >= 0.6 is 0 Å². The van der Waals surface area contributed by atoms with Crippen molar-refractivity contribution in [3.05, 3.63) is 78.3 Å². The molecule has 32 heavy (non-hydrogen) atoms. The Kier molecular flexibility index (Phi) is 6.35. The summed E-state index contributed by atoms with van der Waals surface area (Å²) in [6.45, 7) is 4.69. The molecule has 0 saturated carbocycles. The highest BCUT2D eigenvalue weighted by Crippen LogP contribution is 2.21. The van der Waals surface area contributed by atoms with E-state index in [-0.39, 0.29) is 0 Å². The fourth-order valence-corrected chi connectivity index (χ4v) is 3.00. The molecule has 9 nitrogen and oxygen atoms in total. The summed E-state index contributed by atoms with van der Waals surface area (Å²) < 4.78 is 0. The van der Waals surface area contributed by atoms with E-state index >= 15 is 0 Å². The smallest absolute Gasteiger partial charge is 0.154 e. The van der Waals surface area contributed by atoms with Crippen LogP contribution in [0, 0.1) is 0 Å². The average Bonchev–Trinajstić information content (AvgIpc) is 2.82. The van der Waals surface area contributed by atoms with Gasteiger partial charge in [-0.2, -0.15) is 5.10 Å². The lowest BCUT2D eigenvalue weighted by Crippen LogP contribution is -2.00. The van der Waals surface area contributed by atoms with E-state index in [0.29, 0.717) is 24.1 Å². The van der Waals surface area contributed by atoms with Gasteiger partial charge in [-0.3, -0.25) is 9.98 Å². The van der Waals surface area contributed by atoms with Gasteiger partial charge in [0.05, 0.1) is 23.8 Å². The number of pyridine rings is 2. The van der Waals surface area contributed by atoms with Crippen molar-refractivity contribution in [1.82, 2.24) is 30.1 Å². The van der Waals surface area contributed by atoms with Gasteiger partial charge in [0.1, 0.15) is 12.1 Å². The zero-order valence-corrected chi connectivity index (χ0v) is 17.8. The molecule has 0 aliphatic carbocycles. The van der Waals surface area contributed by atoms with Gasteiger partial charge in [0.2, 0.25) is 0 Å². The van der Waals surface area contributed by atoms with Crippen molar-refractivity contribution >= 4 is 34.5 Å². The lowest BCUT2D eigenvalue weighted by atomic mass is 10.1. The molecule has 0 atom stereocenters. The first-order chi connectivity index (χ1) is 15.6. The molecule has 0 aliphatic rings. The van der Waals surface area contributed by atoms with Crippen molar-refractivity contribution in [2.75, 3.05) is 5.32 Å². The van der Waals surface area contributed by atoms with Crippen LogP contribution in [-0.4, -0.2) is 36.3 Å². The van der Waals surface area contributed by atoms with Gasteiger partial charge in [-0.25, -0.2) is 15.0 Å². The maximum atomic E-state index is 5.85. The molecule has 9 heteroatoms. The summed E-state index contributed by atoms with van der Waals surface area (Å²) in [6.07, 6.45) is 11.7. The minimum absolute atomic E-state index is 0.361. The van der Waals surface area contributed by atoms with E-state index in [9.17, 15) is 0 Å². The predicted molar refractivity (Wildman–Crippen MR) is 125 cm³/mol. The number of aromatic nitrogens is 6. The summed E-state index contributed by atoms with van der Waals surface area (Å²) >= 11 is 0. The number of hydrogen-bond acceptors (Lipinski definition) is 9. The Morgan fingerprint density at radius 2 is 1.91 bits per heavy atom. The summed E-state index contributed by atoms with van der Waals surface area (Å²) in [5.41, 5.74) is 10.9. The van der Waals surface area contributed by atoms with Crippen molar-refractivity contribution in [2.24, 2.45) is 10.7 Å². The molecule has 4 aromatic heterocycles. The van der Waals surface area contributed by atoms with Gasteiger partial charge >= 0.3 is 0 Å². The quantitative estimate of drug-likeness (QED) is 0.430. The van der Waals surface area contributed by atoms with Crippen molar-refractivity contribution in [3.8, 4) is 0 Å². The van der Waals surface area contributed by atoms with Crippen LogP contribution in [0.25, 0.3) is 16.6 Å². The number of nitrogens with one attached hydrogen (secondary N) is 1. The van der Waals surface area contributed by atoms with Crippen molar-refractivity contribution in [1.29, 1.82) is 0 Å². The van der Waals surface area contributed by atoms with Crippen molar-refractivity contribution in [2.45, 2.75) is 26.3 Å². The third-order valence-electron chi connectivity index (χ3n) is 4.77. The Bertz CT molecular complexity index is 1270. The highest BCUT2D eigenvalue weighted by molar-refractivity contribution is 6.10. The minimum Gasteiger partial charge on any atom is -0.404 e. The summed E-state index contributed by atoms with van der Waals surface area (Å²) in [4.78, 5) is 21.6. The Labute approximate surface area is 185 Å². The molecule has 4 rings (SSSR count). The second kappa shape index (κ2) is 9.69. The summed E-state index contributed by atoms with van der Waals surface area (Å²) in [5.74, 6) is 1.66. The normalized spacial score (nSPS) is 12.0. The van der Waals surface area contributed by atoms with E-state index in [2.05, 4.69) is 54.3 Å². The molecular formula is C23H23N9. The third kappa shape index (κ3) is 5.07. The van der Waals surface area contributed by atoms with Crippen molar-refractivity contribution in [3.63, 3.8) is 0 Å². The fraction of sp³-hybridized carbons (Fsp3) is 0.174. The number of nitrogens with two attached hydrogens (primary N) is 1. The van der Waals surface area contributed by atoms with E-state index in [1.165, 1.54) is 12.5 Å². The molecule has 4 heterocycles. The second-order valence-corrected chi connectivity index (χ2v) is 7.45. The molecule has 0 spiro atoms. The summed E-state index contributed by atoms with van der Waals surface area (Å²) in [7, 11) is 0. The zero-order chi connectivity index (χ0) is 22.3. The van der Waals surface area contributed by atoms with Crippen molar-refractivity contribution < 1.29 is 0 Å². The maximum absolute atomic E-state index is 5.85. The molecule has 0 amide bonds. The molecule has 4 aromatic rings. The standard InChI is InChI=1S/C23H23N9/c1-15(2)17-6-23(32-29-13-17)31-22-4-3-20-21(30-22)5-18(12-28-20)19(7-24)11-25-8-16-9-26-14-27-10-16/h3-7,9-15H,8,24H2,1-2H3,(H,30,31,32). The number of anilines is 2. The predicted octanol–water partition coefficient (Wildman–Crippen LogP) is 3.65. The Morgan fingerprint density at radius 1 is 1.06 bits per heavy atom. The number of nitrogens with zero attached hydrogens (tertiary/aromatic N) is 7. The van der Waals surface area contributed by atoms with Gasteiger partial charge in [-0.1, -0.05) is 13.8 Å². The van der Waals surface area contributed by atoms with Crippen LogP contribution in [0.4, 0.5) is 11.6 Å². The maximum Gasteiger partial charge on any atom is 0.154 e. The van der Waals surface area contributed by atoms with E-state index in [1.54, 1.807) is 31.0 Å². The fourth-order valence-electron chi connectivity index (χ4n) is 3.00. The largest absolute Gasteiger partial charge is 0.404 e. The number of rotatable bonds is 7. The molecule has 0 bridgehead atoms. The monoisotopic (exact) mass is 425 g/mol. The topological polar surface area (TPSA) is 128 Å². The molecule has 0 unspecified atom stereocenters. The lowest BCUT2D eigenvalue weighted by Gasteiger charge is -2.09. The van der Waals surface area contributed by atoms with Crippen LogP contribution in [0.1, 0.15) is 36.5 Å². The van der Waals surface area contributed by atoms with Gasteiger partial charge in [-0.05, 0) is 35.7 Å². The molecule has 3 N–H and O–H groups in total. The Morgan fingerprint density at radius 3 is 2.69 bits per heavy atom. The molecular weight excluding hydrogens is 402 g/mol. The number of hydrogen-bond donors (Lipinski definition) is 2. The number of allylic oxidation sites excluding steroid dienone is 1. The first-order valence-corrected chi connectivity index (χ1v) is 10.1. The van der Waals surface area contributed by atoms with Crippen LogP contribution in [0.5, 0.6) is 0 Å². The van der Waals surface area contributed by atoms with E-state index in [4.69, 9.17) is 5.73 Å². The molecule has 160 valence electrons. The van der Waals surface area contributed by atoms with Gasteiger partial charge in [0.15, 0.2) is 5.82 Å². The van der Waals surface area contributed by atoms with Crippen LogP contribution in [0.15, 0.2) is 66.6 Å². The first-order valence-electron chi connectivity index (χ1n) is 10.1. The molecule has 0 saturated heterocycles. The van der Waals surface area contributed by atoms with Gasteiger partial charge in [0.25, 0.3) is 0 Å². The minimum atomic E-state index is 0.361. The van der Waals surface area contributed by atoms with E-state index in [0.717, 1.165) is 33.3 Å². The lowest BCUT2D eigenvalue weighted by molar-refractivity contribution is 0.843. The van der Waals surface area contributed by atoms with Crippen LogP contribution < -0.4 is 11.1 Å². The number of fused-ring (bicyclic) bond motifs is 1. The van der Waals surface area contributed by atoms with Gasteiger partial charge in [0, 0.05) is 47.7 Å². The van der Waals surface area contributed by atoms with Gasteiger partial charge < -0.3 is 11.1 Å². The van der Waals surface area contributed by atoms with E-state index in [1.807, 2.05) is 24.3 Å². The highest BCUT2D eigenvalue weighted by Gasteiger charge is 2.07. The molecule has 0 aliphatic heterocycles. The summed E-state index contributed by atoms with van der Waals surface area (Å²) in [6, 6.07) is 7.67. The van der Waals surface area contributed by atoms with Crippen LogP contribution in [-0.2, 0) is 6.54 Å². The first kappa shape index (κ1) is 21.0. The number of aliphatic imine (C=N–C) groups is 1. The molecule has 0 fully saturated rings. The van der Waals surface area contributed by atoms with Crippen LogP contribution in [0.2, 0.25) is 0 Å². The second-order valence-electron chi connectivity index (χ2n) is 7.45. The Hall–Kier alpha value is -4.27. The van der Waals surface area contributed by atoms with E-state index < -0.39 is 0 Å². The van der Waals surface area contributed by atoms with Crippen LogP contribution in [0.3, 0.4) is 0 Å². The Balaban J connectivity index is 1.55. The summed E-state index contributed by atoms with van der Waals surface area (Å²) in [5, 5.41) is 11.4. The van der Waals surface area contributed by atoms with Gasteiger partial charge in [-0.15, -0.1) is 5.10 Å².